The van der Waals surface area contributed by atoms with Crippen molar-refractivity contribution in [2.75, 3.05) is 20.3 Å². The summed E-state index contributed by atoms with van der Waals surface area (Å²) in [5.41, 5.74) is 1.72. The Morgan fingerprint density at radius 3 is 2.82 bits per heavy atom. The quantitative estimate of drug-likeness (QED) is 0.741. The van der Waals surface area contributed by atoms with Gasteiger partial charge in [-0.1, -0.05) is 6.07 Å². The molecule has 0 bridgehead atoms. The Morgan fingerprint density at radius 1 is 1.29 bits per heavy atom. The number of fused-ring (bicyclic) bond motifs is 1. The summed E-state index contributed by atoms with van der Waals surface area (Å²) in [7, 11) is 1.70. The van der Waals surface area contributed by atoms with Crippen molar-refractivity contribution in [2.24, 2.45) is 0 Å². The molecule has 9 nitrogen and oxygen atoms in total. The third kappa shape index (κ3) is 3.38. The number of aromatic amines is 1. The summed E-state index contributed by atoms with van der Waals surface area (Å²) in [6.45, 7) is 3.00. The number of H-pyrrole nitrogens is 1. The lowest BCUT2D eigenvalue weighted by atomic mass is 9.94. The van der Waals surface area contributed by atoms with E-state index < -0.39 is 6.04 Å². The molecule has 0 aliphatic carbocycles. The van der Waals surface area contributed by atoms with Gasteiger partial charge in [0, 0.05) is 25.1 Å². The monoisotopic (exact) mass is 383 g/mol. The maximum absolute atomic E-state index is 13.2. The van der Waals surface area contributed by atoms with Crippen LogP contribution < -0.4 is 20.1 Å². The number of nitrogens with one attached hydrogen (secondary N) is 3. The molecule has 1 aromatic heterocycles. The van der Waals surface area contributed by atoms with E-state index in [-0.39, 0.29) is 11.9 Å². The number of urea groups is 1. The first-order chi connectivity index (χ1) is 13.5. The Bertz CT molecular complexity index is 938. The van der Waals surface area contributed by atoms with Crippen molar-refractivity contribution >= 4 is 11.9 Å². The van der Waals surface area contributed by atoms with E-state index in [2.05, 4.69) is 20.6 Å². The van der Waals surface area contributed by atoms with Crippen molar-refractivity contribution in [3.8, 4) is 11.5 Å². The van der Waals surface area contributed by atoms with Gasteiger partial charge in [-0.15, -0.1) is 0 Å². The molecule has 0 spiro atoms. The molecule has 2 aliphatic heterocycles. The standard InChI is InChI=1S/C19H21N5O4/c1-11-16(18(25)24(2)10-15-20-5-6-21-15)17(23-19(26)22-11)12-3-4-13-14(9-12)28-8-7-27-13/h3-6,9,17H,7-8,10H2,1-2H3,(H,20,21)(H2,22,23,26)/t17-/m0/s1. The average molecular weight is 383 g/mol. The molecule has 2 aliphatic rings. The van der Waals surface area contributed by atoms with Gasteiger partial charge in [-0.3, -0.25) is 4.79 Å². The molecule has 0 radical (unpaired) electrons. The van der Waals surface area contributed by atoms with Gasteiger partial charge in [0.1, 0.15) is 19.0 Å². The van der Waals surface area contributed by atoms with E-state index in [0.29, 0.717) is 48.4 Å². The van der Waals surface area contributed by atoms with Gasteiger partial charge < -0.3 is 30.0 Å². The topological polar surface area (TPSA) is 109 Å². The fraction of sp³-hybridized carbons (Fsp3) is 0.316. The summed E-state index contributed by atoms with van der Waals surface area (Å²) < 4.78 is 11.2. The van der Waals surface area contributed by atoms with E-state index in [1.54, 1.807) is 43.4 Å². The van der Waals surface area contributed by atoms with Crippen LogP contribution in [0.3, 0.4) is 0 Å². The maximum atomic E-state index is 13.2. The van der Waals surface area contributed by atoms with Gasteiger partial charge in [-0.05, 0) is 24.6 Å². The number of carbonyl (C=O) groups excluding carboxylic acids is 2. The van der Waals surface area contributed by atoms with Gasteiger partial charge in [-0.25, -0.2) is 9.78 Å². The first kappa shape index (κ1) is 17.9. The van der Waals surface area contributed by atoms with E-state index in [9.17, 15) is 9.59 Å². The van der Waals surface area contributed by atoms with Crippen molar-refractivity contribution in [1.29, 1.82) is 0 Å². The number of carbonyl (C=O) groups is 2. The SMILES string of the molecule is CC1=C(C(=O)N(C)Cc2ncc[nH]2)[C@H](c2ccc3c(c2)OCCO3)NC(=O)N1. The highest BCUT2D eigenvalue weighted by Gasteiger charge is 2.33. The zero-order chi connectivity index (χ0) is 19.7. The summed E-state index contributed by atoms with van der Waals surface area (Å²) in [6.07, 6.45) is 3.34. The van der Waals surface area contributed by atoms with E-state index in [1.165, 1.54) is 0 Å². The third-order valence-electron chi connectivity index (χ3n) is 4.69. The molecule has 1 atom stereocenters. The number of hydrogen-bond acceptors (Lipinski definition) is 5. The predicted molar refractivity (Wildman–Crippen MR) is 99.6 cm³/mol. The van der Waals surface area contributed by atoms with Gasteiger partial charge in [0.05, 0.1) is 18.2 Å². The molecule has 1 aromatic carbocycles. The summed E-state index contributed by atoms with van der Waals surface area (Å²) in [6, 6.07) is 4.47. The number of hydrogen-bond donors (Lipinski definition) is 3. The van der Waals surface area contributed by atoms with Crippen molar-refractivity contribution in [1.82, 2.24) is 25.5 Å². The number of rotatable bonds is 4. The highest BCUT2D eigenvalue weighted by atomic mass is 16.6. The first-order valence-electron chi connectivity index (χ1n) is 8.94. The molecule has 0 fully saturated rings. The van der Waals surface area contributed by atoms with Crippen LogP contribution >= 0.6 is 0 Å². The van der Waals surface area contributed by atoms with Crippen LogP contribution in [0.4, 0.5) is 4.79 Å². The molecule has 0 unspecified atom stereocenters. The van der Waals surface area contributed by atoms with Crippen LogP contribution in [0.15, 0.2) is 41.9 Å². The molecular formula is C19H21N5O4. The van der Waals surface area contributed by atoms with Crippen molar-refractivity contribution in [3.05, 3.63) is 53.3 Å². The Labute approximate surface area is 161 Å². The lowest BCUT2D eigenvalue weighted by molar-refractivity contribution is -0.127. The van der Waals surface area contributed by atoms with Gasteiger partial charge in [0.2, 0.25) is 0 Å². The normalized spacial score (nSPS) is 18.4. The van der Waals surface area contributed by atoms with Crippen LogP contribution in [0.25, 0.3) is 0 Å². The minimum absolute atomic E-state index is 0.207. The second-order valence-corrected chi connectivity index (χ2v) is 6.67. The van der Waals surface area contributed by atoms with Crippen LogP contribution in [0.5, 0.6) is 11.5 Å². The van der Waals surface area contributed by atoms with Crippen molar-refractivity contribution < 1.29 is 19.1 Å². The van der Waals surface area contributed by atoms with Crippen LogP contribution in [0.2, 0.25) is 0 Å². The molecular weight excluding hydrogens is 362 g/mol. The lowest BCUT2D eigenvalue weighted by Gasteiger charge is -2.31. The highest BCUT2D eigenvalue weighted by molar-refractivity contribution is 5.98. The molecule has 2 aromatic rings. The minimum atomic E-state index is -0.601. The molecule has 4 rings (SSSR count). The number of nitrogens with zero attached hydrogens (tertiary/aromatic N) is 2. The number of imidazole rings is 1. The molecule has 3 N–H and O–H groups in total. The molecule has 9 heteroatoms. The summed E-state index contributed by atoms with van der Waals surface area (Å²) in [5.74, 6) is 1.72. The Hall–Kier alpha value is -3.49. The van der Waals surface area contributed by atoms with E-state index in [0.717, 1.165) is 5.56 Å². The first-order valence-corrected chi connectivity index (χ1v) is 8.94. The smallest absolute Gasteiger partial charge is 0.319 e. The fourth-order valence-electron chi connectivity index (χ4n) is 3.35. The van der Waals surface area contributed by atoms with Gasteiger partial charge in [-0.2, -0.15) is 0 Å². The predicted octanol–water partition coefficient (Wildman–Crippen LogP) is 1.47. The third-order valence-corrected chi connectivity index (χ3v) is 4.69. The fourth-order valence-corrected chi connectivity index (χ4v) is 3.35. The van der Waals surface area contributed by atoms with Gasteiger partial charge in [0.15, 0.2) is 11.5 Å². The van der Waals surface area contributed by atoms with Gasteiger partial charge in [0.25, 0.3) is 5.91 Å². The largest absolute Gasteiger partial charge is 0.486 e. The van der Waals surface area contributed by atoms with Crippen LogP contribution in [0.1, 0.15) is 24.4 Å². The minimum Gasteiger partial charge on any atom is -0.486 e. The Balaban J connectivity index is 1.65. The van der Waals surface area contributed by atoms with Crippen LogP contribution in [-0.4, -0.2) is 47.1 Å². The van der Waals surface area contributed by atoms with Crippen molar-refractivity contribution in [3.63, 3.8) is 0 Å². The highest BCUT2D eigenvalue weighted by Crippen LogP contribution is 2.36. The lowest BCUT2D eigenvalue weighted by Crippen LogP contribution is -2.47. The molecule has 28 heavy (non-hydrogen) atoms. The Morgan fingerprint density at radius 2 is 2.07 bits per heavy atom. The number of benzene rings is 1. The molecule has 0 saturated carbocycles. The number of likely N-dealkylation sites (N-methyl/N-ethyl adjacent to an activating group) is 1. The summed E-state index contributed by atoms with van der Waals surface area (Å²) >= 11 is 0. The van der Waals surface area contributed by atoms with E-state index in [4.69, 9.17) is 9.47 Å². The number of allylic oxidation sites excluding steroid dienone is 1. The van der Waals surface area contributed by atoms with E-state index in [1.807, 2.05) is 6.07 Å². The van der Waals surface area contributed by atoms with Gasteiger partial charge >= 0.3 is 6.03 Å². The zero-order valence-electron chi connectivity index (χ0n) is 15.6. The average Bonchev–Trinajstić information content (AvgIpc) is 3.19. The van der Waals surface area contributed by atoms with Crippen molar-refractivity contribution in [2.45, 2.75) is 19.5 Å². The summed E-state index contributed by atoms with van der Waals surface area (Å²) in [4.78, 5) is 34.0. The van der Waals surface area contributed by atoms with Crippen LogP contribution in [0, 0.1) is 0 Å². The maximum Gasteiger partial charge on any atom is 0.319 e. The molecule has 3 heterocycles. The molecule has 3 amide bonds. The van der Waals surface area contributed by atoms with Crippen LogP contribution in [-0.2, 0) is 11.3 Å². The second kappa shape index (κ2) is 7.26. The van der Waals surface area contributed by atoms with E-state index >= 15 is 0 Å². The summed E-state index contributed by atoms with van der Waals surface area (Å²) in [5, 5.41) is 5.53. The molecule has 0 saturated heterocycles. The number of aromatic nitrogens is 2. The zero-order valence-corrected chi connectivity index (χ0v) is 15.6. The number of ether oxygens (including phenoxy) is 2. The second-order valence-electron chi connectivity index (χ2n) is 6.67. The number of amides is 3. The molecule has 146 valence electrons. The Kier molecular flexibility index (Phi) is 4.64.